The van der Waals surface area contributed by atoms with Gasteiger partial charge in [-0.1, -0.05) is 22.6 Å². The summed E-state index contributed by atoms with van der Waals surface area (Å²) in [6.07, 6.45) is 1.86. The smallest absolute Gasteiger partial charge is 0.236 e. The SMILES string of the molecule is N[C@@H]1CCC(I)CNC1=O. The number of nitrogens with two attached hydrogens (primary N) is 1. The van der Waals surface area contributed by atoms with Gasteiger partial charge in [-0.05, 0) is 12.8 Å². The Morgan fingerprint density at radius 2 is 2.30 bits per heavy atom. The minimum absolute atomic E-state index is 0.000772. The van der Waals surface area contributed by atoms with Gasteiger partial charge in [-0.3, -0.25) is 4.79 Å². The molecule has 0 spiro atoms. The summed E-state index contributed by atoms with van der Waals surface area (Å²) in [5, 5.41) is 2.77. The maximum Gasteiger partial charge on any atom is 0.236 e. The summed E-state index contributed by atoms with van der Waals surface area (Å²) in [5.41, 5.74) is 5.53. The minimum atomic E-state index is -0.278. The zero-order valence-corrected chi connectivity index (χ0v) is 7.80. The first-order valence-corrected chi connectivity index (χ1v) is 4.62. The number of rotatable bonds is 0. The van der Waals surface area contributed by atoms with Crippen molar-refractivity contribution in [3.8, 4) is 0 Å². The number of carbonyl (C=O) groups excluding carboxylic acids is 1. The average molecular weight is 254 g/mol. The summed E-state index contributed by atoms with van der Waals surface area (Å²) in [5.74, 6) is -0.000772. The summed E-state index contributed by atoms with van der Waals surface area (Å²) < 4.78 is 0.551. The molecule has 3 nitrogen and oxygen atoms in total. The molecule has 0 aromatic rings. The van der Waals surface area contributed by atoms with Gasteiger partial charge in [0.1, 0.15) is 0 Å². The third-order valence-electron chi connectivity index (χ3n) is 1.63. The number of hydrogen-bond donors (Lipinski definition) is 2. The molecular formula is C6H11IN2O. The monoisotopic (exact) mass is 254 g/mol. The van der Waals surface area contributed by atoms with Crippen molar-refractivity contribution >= 4 is 28.5 Å². The van der Waals surface area contributed by atoms with Crippen LogP contribution in [0.15, 0.2) is 0 Å². The van der Waals surface area contributed by atoms with Crippen LogP contribution in [0, 0.1) is 0 Å². The van der Waals surface area contributed by atoms with Crippen molar-refractivity contribution in [1.82, 2.24) is 5.32 Å². The number of alkyl halides is 1. The molecule has 58 valence electrons. The molecular weight excluding hydrogens is 243 g/mol. The average Bonchev–Trinajstić information content (AvgIpc) is 2.04. The van der Waals surface area contributed by atoms with E-state index in [0.29, 0.717) is 3.92 Å². The molecule has 1 heterocycles. The lowest BCUT2D eigenvalue weighted by Gasteiger charge is -2.03. The Bertz CT molecular complexity index is 140. The molecule has 0 bridgehead atoms. The molecule has 1 saturated heterocycles. The quantitative estimate of drug-likeness (QED) is 0.473. The van der Waals surface area contributed by atoms with E-state index in [1.54, 1.807) is 0 Å². The second kappa shape index (κ2) is 3.52. The molecule has 1 fully saturated rings. The summed E-state index contributed by atoms with van der Waals surface area (Å²) in [6.45, 7) is 0.771. The Morgan fingerprint density at radius 1 is 1.60 bits per heavy atom. The predicted octanol–water partition coefficient (Wildman–Crippen LogP) is 0.0273. The van der Waals surface area contributed by atoms with Crippen molar-refractivity contribution in [2.75, 3.05) is 6.54 Å². The van der Waals surface area contributed by atoms with Crippen molar-refractivity contribution < 1.29 is 4.79 Å². The van der Waals surface area contributed by atoms with Crippen LogP contribution in [-0.4, -0.2) is 22.4 Å². The molecule has 1 aliphatic heterocycles. The summed E-state index contributed by atoms with van der Waals surface area (Å²) >= 11 is 2.33. The van der Waals surface area contributed by atoms with Gasteiger partial charge in [0.05, 0.1) is 6.04 Å². The van der Waals surface area contributed by atoms with Crippen molar-refractivity contribution in [2.24, 2.45) is 5.73 Å². The molecule has 0 aromatic heterocycles. The summed E-state index contributed by atoms with van der Waals surface area (Å²) in [6, 6.07) is -0.278. The molecule has 2 atom stereocenters. The Kier molecular flexibility index (Phi) is 2.91. The fourth-order valence-corrected chi connectivity index (χ4v) is 1.52. The van der Waals surface area contributed by atoms with Gasteiger partial charge in [0.25, 0.3) is 0 Å². The van der Waals surface area contributed by atoms with Crippen molar-refractivity contribution in [2.45, 2.75) is 22.8 Å². The van der Waals surface area contributed by atoms with Crippen LogP contribution in [-0.2, 0) is 4.79 Å². The first-order chi connectivity index (χ1) is 4.70. The molecule has 1 aliphatic rings. The zero-order valence-electron chi connectivity index (χ0n) is 5.64. The van der Waals surface area contributed by atoms with Gasteiger partial charge >= 0.3 is 0 Å². The van der Waals surface area contributed by atoms with Gasteiger partial charge in [0.2, 0.25) is 5.91 Å². The number of carbonyl (C=O) groups is 1. The van der Waals surface area contributed by atoms with E-state index in [4.69, 9.17) is 5.73 Å². The normalized spacial score (nSPS) is 34.8. The third kappa shape index (κ3) is 2.09. The van der Waals surface area contributed by atoms with Gasteiger partial charge in [0.15, 0.2) is 0 Å². The number of hydrogen-bond acceptors (Lipinski definition) is 2. The topological polar surface area (TPSA) is 55.1 Å². The van der Waals surface area contributed by atoms with Crippen LogP contribution in [0.5, 0.6) is 0 Å². The van der Waals surface area contributed by atoms with Crippen LogP contribution in [0.1, 0.15) is 12.8 Å². The molecule has 4 heteroatoms. The van der Waals surface area contributed by atoms with Crippen LogP contribution in [0.4, 0.5) is 0 Å². The Labute approximate surface area is 73.9 Å². The summed E-state index contributed by atoms with van der Waals surface area (Å²) in [4.78, 5) is 10.9. The van der Waals surface area contributed by atoms with Crippen LogP contribution < -0.4 is 11.1 Å². The maximum absolute atomic E-state index is 10.9. The molecule has 1 unspecified atom stereocenters. The van der Waals surface area contributed by atoms with Crippen molar-refractivity contribution in [3.63, 3.8) is 0 Å². The highest BCUT2D eigenvalue weighted by Crippen LogP contribution is 2.11. The highest BCUT2D eigenvalue weighted by atomic mass is 127. The van der Waals surface area contributed by atoms with E-state index >= 15 is 0 Å². The standard InChI is InChI=1S/C6H11IN2O/c7-4-1-2-5(8)6(10)9-3-4/h4-5H,1-3,8H2,(H,9,10)/t4?,5-/m1/s1. The molecule has 0 radical (unpaired) electrons. The lowest BCUT2D eigenvalue weighted by Crippen LogP contribution is -2.39. The highest BCUT2D eigenvalue weighted by Gasteiger charge is 2.19. The van der Waals surface area contributed by atoms with E-state index in [2.05, 4.69) is 27.9 Å². The fourth-order valence-electron chi connectivity index (χ4n) is 0.936. The van der Waals surface area contributed by atoms with E-state index < -0.39 is 0 Å². The number of amides is 1. The number of nitrogens with one attached hydrogen (secondary N) is 1. The first kappa shape index (κ1) is 8.26. The van der Waals surface area contributed by atoms with Crippen LogP contribution >= 0.6 is 22.6 Å². The van der Waals surface area contributed by atoms with Crippen LogP contribution in [0.2, 0.25) is 0 Å². The van der Waals surface area contributed by atoms with E-state index in [-0.39, 0.29) is 11.9 Å². The molecule has 1 rings (SSSR count). The van der Waals surface area contributed by atoms with E-state index in [9.17, 15) is 4.79 Å². The Balaban J connectivity index is 2.46. The van der Waals surface area contributed by atoms with E-state index in [1.807, 2.05) is 0 Å². The maximum atomic E-state index is 10.9. The summed E-state index contributed by atoms with van der Waals surface area (Å²) in [7, 11) is 0. The van der Waals surface area contributed by atoms with Gasteiger partial charge in [-0.2, -0.15) is 0 Å². The van der Waals surface area contributed by atoms with Gasteiger partial charge in [0, 0.05) is 10.5 Å². The highest BCUT2D eigenvalue weighted by molar-refractivity contribution is 14.1. The molecule has 0 aliphatic carbocycles. The van der Waals surface area contributed by atoms with E-state index in [1.165, 1.54) is 0 Å². The molecule has 0 saturated carbocycles. The van der Waals surface area contributed by atoms with Crippen LogP contribution in [0.3, 0.4) is 0 Å². The molecule has 3 N–H and O–H groups in total. The predicted molar refractivity (Wildman–Crippen MR) is 48.0 cm³/mol. The lowest BCUT2D eigenvalue weighted by atomic mass is 10.1. The lowest BCUT2D eigenvalue weighted by molar-refractivity contribution is -0.122. The Hall–Kier alpha value is 0.160. The molecule has 1 amide bonds. The second-order valence-corrected chi connectivity index (χ2v) is 4.29. The van der Waals surface area contributed by atoms with Crippen molar-refractivity contribution in [1.29, 1.82) is 0 Å². The van der Waals surface area contributed by atoms with Crippen LogP contribution in [0.25, 0.3) is 0 Å². The molecule has 0 aromatic carbocycles. The van der Waals surface area contributed by atoms with Crippen molar-refractivity contribution in [3.05, 3.63) is 0 Å². The number of halogens is 1. The fraction of sp³-hybridized carbons (Fsp3) is 0.833. The second-order valence-electron chi connectivity index (χ2n) is 2.53. The zero-order chi connectivity index (χ0) is 7.56. The largest absolute Gasteiger partial charge is 0.354 e. The third-order valence-corrected chi connectivity index (χ3v) is 2.69. The van der Waals surface area contributed by atoms with Gasteiger partial charge in [-0.25, -0.2) is 0 Å². The van der Waals surface area contributed by atoms with Gasteiger partial charge in [-0.15, -0.1) is 0 Å². The first-order valence-electron chi connectivity index (χ1n) is 3.37. The minimum Gasteiger partial charge on any atom is -0.354 e. The molecule has 10 heavy (non-hydrogen) atoms. The van der Waals surface area contributed by atoms with Gasteiger partial charge < -0.3 is 11.1 Å². The Morgan fingerprint density at radius 3 is 3.00 bits per heavy atom. The van der Waals surface area contributed by atoms with E-state index in [0.717, 1.165) is 19.4 Å².